The summed E-state index contributed by atoms with van der Waals surface area (Å²) in [6, 6.07) is 12.9. The molecule has 0 unspecified atom stereocenters. The molecule has 0 saturated carbocycles. The van der Waals surface area contributed by atoms with Gasteiger partial charge in [0.15, 0.2) is 0 Å². The Bertz CT molecular complexity index is 821. The van der Waals surface area contributed by atoms with Crippen molar-refractivity contribution in [3.05, 3.63) is 68.8 Å². The van der Waals surface area contributed by atoms with E-state index in [9.17, 15) is 14.4 Å². The highest BCUT2D eigenvalue weighted by Gasteiger charge is 2.23. The van der Waals surface area contributed by atoms with Crippen LogP contribution < -0.4 is 5.32 Å². The van der Waals surface area contributed by atoms with Gasteiger partial charge in [-0.15, -0.1) is 0 Å². The Hall–Kier alpha value is -2.42. The SMILES string of the molecule is COC(=O)c1cccc(C(=O)N[C@@H](Cc2cccc(I)c2)C(=O)OC)c1. The summed E-state index contributed by atoms with van der Waals surface area (Å²) >= 11 is 2.18. The molecular weight excluding hydrogens is 449 g/mol. The normalized spacial score (nSPS) is 11.3. The van der Waals surface area contributed by atoms with Gasteiger partial charge in [-0.3, -0.25) is 4.79 Å². The second-order valence-electron chi connectivity index (χ2n) is 5.46. The molecule has 136 valence electrons. The first-order valence-electron chi connectivity index (χ1n) is 7.76. The third-order valence-corrected chi connectivity index (χ3v) is 4.34. The molecule has 0 spiro atoms. The highest BCUT2D eigenvalue weighted by Crippen LogP contribution is 2.12. The minimum atomic E-state index is -0.840. The number of halogens is 1. The molecule has 0 heterocycles. The van der Waals surface area contributed by atoms with Crippen LogP contribution in [0.5, 0.6) is 0 Å². The van der Waals surface area contributed by atoms with Crippen LogP contribution in [0.2, 0.25) is 0 Å². The van der Waals surface area contributed by atoms with Gasteiger partial charge in [-0.2, -0.15) is 0 Å². The lowest BCUT2D eigenvalue weighted by Gasteiger charge is -2.17. The number of amides is 1. The highest BCUT2D eigenvalue weighted by molar-refractivity contribution is 14.1. The number of benzene rings is 2. The summed E-state index contributed by atoms with van der Waals surface area (Å²) in [6.45, 7) is 0. The van der Waals surface area contributed by atoms with Crippen molar-refractivity contribution in [1.29, 1.82) is 0 Å². The number of carbonyl (C=O) groups excluding carboxylic acids is 3. The summed E-state index contributed by atoms with van der Waals surface area (Å²) < 4.78 is 10.5. The molecule has 0 saturated heterocycles. The molecule has 2 rings (SSSR count). The smallest absolute Gasteiger partial charge is 0.337 e. The van der Waals surface area contributed by atoms with Crippen LogP contribution in [0.15, 0.2) is 48.5 Å². The molecule has 6 nitrogen and oxygen atoms in total. The quantitative estimate of drug-likeness (QED) is 0.522. The fraction of sp³-hybridized carbons (Fsp3) is 0.211. The van der Waals surface area contributed by atoms with Crippen molar-refractivity contribution in [1.82, 2.24) is 5.32 Å². The van der Waals surface area contributed by atoms with Crippen molar-refractivity contribution in [3.8, 4) is 0 Å². The Labute approximate surface area is 165 Å². The minimum absolute atomic E-state index is 0.254. The molecule has 2 aromatic carbocycles. The van der Waals surface area contributed by atoms with E-state index in [4.69, 9.17) is 4.74 Å². The van der Waals surface area contributed by atoms with E-state index in [0.717, 1.165) is 9.13 Å². The third-order valence-electron chi connectivity index (χ3n) is 3.67. The molecule has 0 radical (unpaired) electrons. The van der Waals surface area contributed by atoms with E-state index in [1.54, 1.807) is 18.2 Å². The molecule has 0 aliphatic heterocycles. The van der Waals surface area contributed by atoms with Gasteiger partial charge in [0.25, 0.3) is 5.91 Å². The van der Waals surface area contributed by atoms with Crippen molar-refractivity contribution in [2.24, 2.45) is 0 Å². The number of rotatable bonds is 6. The monoisotopic (exact) mass is 467 g/mol. The van der Waals surface area contributed by atoms with E-state index in [1.807, 2.05) is 24.3 Å². The average molecular weight is 467 g/mol. The minimum Gasteiger partial charge on any atom is -0.467 e. The van der Waals surface area contributed by atoms with Gasteiger partial charge in [0, 0.05) is 15.6 Å². The van der Waals surface area contributed by atoms with Crippen LogP contribution in [0.4, 0.5) is 0 Å². The maximum Gasteiger partial charge on any atom is 0.337 e. The number of hydrogen-bond acceptors (Lipinski definition) is 5. The molecule has 0 aliphatic carbocycles. The lowest BCUT2D eigenvalue weighted by molar-refractivity contribution is -0.142. The van der Waals surface area contributed by atoms with Gasteiger partial charge in [0.1, 0.15) is 6.04 Å². The van der Waals surface area contributed by atoms with Crippen molar-refractivity contribution in [3.63, 3.8) is 0 Å². The van der Waals surface area contributed by atoms with Gasteiger partial charge < -0.3 is 14.8 Å². The molecule has 0 aromatic heterocycles. The van der Waals surface area contributed by atoms with E-state index >= 15 is 0 Å². The second kappa shape index (κ2) is 9.33. The van der Waals surface area contributed by atoms with E-state index in [2.05, 4.69) is 32.6 Å². The Balaban J connectivity index is 2.18. The molecule has 0 aliphatic rings. The number of hydrogen-bond donors (Lipinski definition) is 1. The zero-order valence-electron chi connectivity index (χ0n) is 14.3. The fourth-order valence-electron chi connectivity index (χ4n) is 2.38. The van der Waals surface area contributed by atoms with Crippen LogP contribution in [-0.4, -0.2) is 38.1 Å². The van der Waals surface area contributed by atoms with Crippen molar-refractivity contribution >= 4 is 40.4 Å². The summed E-state index contributed by atoms with van der Waals surface area (Å²) in [5, 5.41) is 2.67. The summed E-state index contributed by atoms with van der Waals surface area (Å²) in [6.07, 6.45) is 0.298. The van der Waals surface area contributed by atoms with E-state index in [0.29, 0.717) is 6.42 Å². The average Bonchev–Trinajstić information content (AvgIpc) is 2.66. The van der Waals surface area contributed by atoms with E-state index in [1.165, 1.54) is 20.3 Å². The standard InChI is InChI=1S/C19H18INO5/c1-25-18(23)14-7-4-6-13(11-14)17(22)21-16(19(24)26-2)10-12-5-3-8-15(20)9-12/h3-9,11,16H,10H2,1-2H3,(H,21,22)/t16-/m0/s1. The molecule has 26 heavy (non-hydrogen) atoms. The van der Waals surface area contributed by atoms with Crippen LogP contribution in [0, 0.1) is 3.57 Å². The summed E-state index contributed by atoms with van der Waals surface area (Å²) in [5.74, 6) is -1.55. The number of ether oxygens (including phenoxy) is 2. The van der Waals surface area contributed by atoms with Gasteiger partial charge in [0.05, 0.1) is 19.8 Å². The number of nitrogens with one attached hydrogen (secondary N) is 1. The first-order chi connectivity index (χ1) is 12.4. The molecule has 0 fully saturated rings. The van der Waals surface area contributed by atoms with Crippen molar-refractivity contribution in [2.45, 2.75) is 12.5 Å². The van der Waals surface area contributed by atoms with Gasteiger partial charge >= 0.3 is 11.9 Å². The van der Waals surface area contributed by atoms with Crippen LogP contribution in [0.25, 0.3) is 0 Å². The second-order valence-corrected chi connectivity index (χ2v) is 6.70. The Kier molecular flexibility index (Phi) is 7.14. The first kappa shape index (κ1) is 19.9. The zero-order valence-corrected chi connectivity index (χ0v) is 16.5. The van der Waals surface area contributed by atoms with Crippen LogP contribution in [-0.2, 0) is 20.7 Å². The molecule has 1 atom stereocenters. The van der Waals surface area contributed by atoms with E-state index in [-0.39, 0.29) is 11.1 Å². The van der Waals surface area contributed by atoms with Gasteiger partial charge in [-0.25, -0.2) is 9.59 Å². The molecular formula is C19H18INO5. The Morgan fingerprint density at radius 3 is 2.35 bits per heavy atom. The summed E-state index contributed by atoms with van der Waals surface area (Å²) in [4.78, 5) is 36.2. The third kappa shape index (κ3) is 5.29. The fourth-order valence-corrected chi connectivity index (χ4v) is 2.99. The lowest BCUT2D eigenvalue weighted by Crippen LogP contribution is -2.43. The number of carbonyl (C=O) groups is 3. The largest absolute Gasteiger partial charge is 0.467 e. The zero-order chi connectivity index (χ0) is 19.1. The molecule has 0 bridgehead atoms. The molecule has 7 heteroatoms. The van der Waals surface area contributed by atoms with Gasteiger partial charge in [-0.05, 0) is 58.5 Å². The van der Waals surface area contributed by atoms with Crippen molar-refractivity contribution in [2.75, 3.05) is 14.2 Å². The van der Waals surface area contributed by atoms with Crippen LogP contribution in [0.3, 0.4) is 0 Å². The van der Waals surface area contributed by atoms with Crippen molar-refractivity contribution < 1.29 is 23.9 Å². The topological polar surface area (TPSA) is 81.7 Å². The van der Waals surface area contributed by atoms with Gasteiger partial charge in [-0.1, -0.05) is 18.2 Å². The predicted molar refractivity (Wildman–Crippen MR) is 104 cm³/mol. The summed E-state index contributed by atoms with van der Waals surface area (Å²) in [5.41, 5.74) is 1.41. The lowest BCUT2D eigenvalue weighted by atomic mass is 10.0. The predicted octanol–water partition coefficient (Wildman–Crippen LogP) is 2.59. The van der Waals surface area contributed by atoms with Gasteiger partial charge in [0.2, 0.25) is 0 Å². The molecule has 1 amide bonds. The van der Waals surface area contributed by atoms with Crippen LogP contribution in [0.1, 0.15) is 26.3 Å². The summed E-state index contributed by atoms with van der Waals surface area (Å²) in [7, 11) is 2.54. The Morgan fingerprint density at radius 1 is 1.00 bits per heavy atom. The Morgan fingerprint density at radius 2 is 1.69 bits per heavy atom. The van der Waals surface area contributed by atoms with Crippen LogP contribution >= 0.6 is 22.6 Å². The number of methoxy groups -OCH3 is 2. The first-order valence-corrected chi connectivity index (χ1v) is 8.84. The highest BCUT2D eigenvalue weighted by atomic mass is 127. The molecule has 1 N–H and O–H groups in total. The maximum atomic E-state index is 12.5. The van der Waals surface area contributed by atoms with E-state index < -0.39 is 23.9 Å². The maximum absolute atomic E-state index is 12.5. The number of esters is 2. The molecule has 2 aromatic rings.